The lowest BCUT2D eigenvalue weighted by Crippen LogP contribution is -2.52. The normalized spacial score (nSPS) is 17.1. The molecular weight excluding hydrogens is 392 g/mol. The fourth-order valence-corrected chi connectivity index (χ4v) is 3.89. The highest BCUT2D eigenvalue weighted by atomic mass is 16.6. The fraction of sp³-hybridized carbons (Fsp3) is 0.333. The van der Waals surface area contributed by atoms with Gasteiger partial charge in [-0.1, -0.05) is 30.3 Å². The van der Waals surface area contributed by atoms with Crippen molar-refractivity contribution in [3.63, 3.8) is 0 Å². The Morgan fingerprint density at radius 3 is 2.71 bits per heavy atom. The van der Waals surface area contributed by atoms with Gasteiger partial charge in [0.05, 0.1) is 17.6 Å². The summed E-state index contributed by atoms with van der Waals surface area (Å²) in [4.78, 5) is 28.4. The predicted molar refractivity (Wildman–Crippen MR) is 121 cm³/mol. The molecule has 0 unspecified atom stereocenters. The first kappa shape index (κ1) is 20.8. The molecule has 0 spiro atoms. The largest absolute Gasteiger partial charge is 0.444 e. The van der Waals surface area contributed by atoms with Gasteiger partial charge in [-0.3, -0.25) is 4.79 Å². The van der Waals surface area contributed by atoms with E-state index >= 15 is 0 Å². The van der Waals surface area contributed by atoms with E-state index in [2.05, 4.69) is 27.0 Å². The molecule has 1 aliphatic heterocycles. The molecule has 7 heteroatoms. The number of alkyl carbamates (subject to hydrolysis) is 1. The van der Waals surface area contributed by atoms with Crippen LogP contribution in [0.3, 0.4) is 0 Å². The molecule has 4 rings (SSSR count). The molecule has 3 aromatic rings. The maximum Gasteiger partial charge on any atom is 0.407 e. The van der Waals surface area contributed by atoms with Crippen molar-refractivity contribution >= 4 is 28.6 Å². The zero-order chi connectivity index (χ0) is 22.0. The summed E-state index contributed by atoms with van der Waals surface area (Å²) in [5.41, 5.74) is 2.86. The highest BCUT2D eigenvalue weighted by Crippen LogP contribution is 2.23. The van der Waals surface area contributed by atoms with Crippen molar-refractivity contribution in [2.24, 2.45) is 0 Å². The van der Waals surface area contributed by atoms with E-state index in [1.807, 2.05) is 63.4 Å². The number of H-pyrrole nitrogens is 1. The molecule has 1 aliphatic rings. The molecule has 162 valence electrons. The standard InChI is InChI=1S/C24H28N4O3/c1-24(2,3)31-23(30)28-20(12-15-13-25-18-10-6-4-8-16(15)18)21-14-26-22(29)17-9-5-7-11-19(17)27-21/h4-11,13,20-21,25,27H,12,14H2,1-3H3,(H,26,29)(H,28,30)/t20-,21-/m0/s1. The highest BCUT2D eigenvalue weighted by Gasteiger charge is 2.30. The summed E-state index contributed by atoms with van der Waals surface area (Å²) in [5.74, 6) is -0.131. The number of nitrogens with one attached hydrogen (secondary N) is 4. The number of benzene rings is 2. The number of amides is 2. The number of fused-ring (bicyclic) bond motifs is 2. The van der Waals surface area contributed by atoms with E-state index in [1.165, 1.54) is 0 Å². The number of rotatable bonds is 4. The predicted octanol–water partition coefficient (Wildman–Crippen LogP) is 3.83. The molecule has 0 aliphatic carbocycles. The van der Waals surface area contributed by atoms with Crippen LogP contribution in [0.5, 0.6) is 0 Å². The fourth-order valence-electron chi connectivity index (χ4n) is 3.89. The van der Waals surface area contributed by atoms with Gasteiger partial charge in [-0.15, -0.1) is 0 Å². The number of anilines is 1. The zero-order valence-electron chi connectivity index (χ0n) is 18.0. The van der Waals surface area contributed by atoms with Gasteiger partial charge in [0, 0.05) is 29.3 Å². The van der Waals surface area contributed by atoms with Gasteiger partial charge >= 0.3 is 6.09 Å². The quantitative estimate of drug-likeness (QED) is 0.516. The molecule has 0 saturated heterocycles. The summed E-state index contributed by atoms with van der Waals surface area (Å²) in [5, 5.41) is 10.6. The van der Waals surface area contributed by atoms with Crippen LogP contribution in [0.25, 0.3) is 10.9 Å². The van der Waals surface area contributed by atoms with Crippen molar-refractivity contribution in [1.82, 2.24) is 15.6 Å². The number of aromatic amines is 1. The second kappa shape index (κ2) is 8.34. The van der Waals surface area contributed by atoms with Crippen molar-refractivity contribution in [2.75, 3.05) is 11.9 Å². The van der Waals surface area contributed by atoms with Crippen molar-refractivity contribution < 1.29 is 14.3 Å². The Morgan fingerprint density at radius 2 is 1.90 bits per heavy atom. The molecule has 1 aromatic heterocycles. The van der Waals surface area contributed by atoms with E-state index in [0.29, 0.717) is 18.5 Å². The topological polar surface area (TPSA) is 95.2 Å². The lowest BCUT2D eigenvalue weighted by Gasteiger charge is -2.30. The van der Waals surface area contributed by atoms with Crippen LogP contribution in [0.4, 0.5) is 10.5 Å². The lowest BCUT2D eigenvalue weighted by atomic mass is 9.98. The number of para-hydroxylation sites is 2. The third kappa shape index (κ3) is 4.82. The zero-order valence-corrected chi connectivity index (χ0v) is 18.0. The number of carbonyl (C=O) groups is 2. The summed E-state index contributed by atoms with van der Waals surface area (Å²) < 4.78 is 5.51. The van der Waals surface area contributed by atoms with Crippen LogP contribution < -0.4 is 16.0 Å². The molecule has 31 heavy (non-hydrogen) atoms. The lowest BCUT2D eigenvalue weighted by molar-refractivity contribution is 0.0499. The Bertz CT molecular complexity index is 1100. The summed E-state index contributed by atoms with van der Waals surface area (Å²) in [7, 11) is 0. The van der Waals surface area contributed by atoms with Crippen molar-refractivity contribution in [2.45, 2.75) is 44.9 Å². The van der Waals surface area contributed by atoms with E-state index in [4.69, 9.17) is 4.74 Å². The summed E-state index contributed by atoms with van der Waals surface area (Å²) >= 11 is 0. The number of hydrogen-bond donors (Lipinski definition) is 4. The van der Waals surface area contributed by atoms with Gasteiger partial charge in [0.1, 0.15) is 5.60 Å². The molecule has 7 nitrogen and oxygen atoms in total. The first-order valence-electron chi connectivity index (χ1n) is 10.5. The Morgan fingerprint density at radius 1 is 1.16 bits per heavy atom. The van der Waals surface area contributed by atoms with Crippen LogP contribution >= 0.6 is 0 Å². The summed E-state index contributed by atoms with van der Waals surface area (Å²) in [6.45, 7) is 5.88. The molecular formula is C24H28N4O3. The minimum atomic E-state index is -0.604. The van der Waals surface area contributed by atoms with Crippen LogP contribution in [0.15, 0.2) is 54.7 Å². The molecule has 0 bridgehead atoms. The van der Waals surface area contributed by atoms with Gasteiger partial charge in [0.25, 0.3) is 5.91 Å². The van der Waals surface area contributed by atoms with Crippen molar-refractivity contribution in [3.05, 3.63) is 65.9 Å². The third-order valence-electron chi connectivity index (χ3n) is 5.30. The second-order valence-electron chi connectivity index (χ2n) is 8.82. The second-order valence-corrected chi connectivity index (χ2v) is 8.82. The first-order chi connectivity index (χ1) is 14.8. The molecule has 2 atom stereocenters. The summed E-state index contributed by atoms with van der Waals surface area (Å²) in [6.07, 6.45) is 2.05. The average Bonchev–Trinajstić information content (AvgIpc) is 3.04. The SMILES string of the molecule is CC(C)(C)OC(=O)N[C@@H](Cc1c[nH]c2ccccc12)[C@@H]1CNC(=O)c2ccccc2N1. The van der Waals surface area contributed by atoms with Gasteiger partial charge in [0.15, 0.2) is 0 Å². The van der Waals surface area contributed by atoms with Crippen LogP contribution in [0.2, 0.25) is 0 Å². The molecule has 0 radical (unpaired) electrons. The Balaban J connectivity index is 1.63. The highest BCUT2D eigenvalue weighted by molar-refractivity contribution is 6.00. The monoisotopic (exact) mass is 420 g/mol. The average molecular weight is 421 g/mol. The molecule has 0 saturated carbocycles. The van der Waals surface area contributed by atoms with E-state index < -0.39 is 11.7 Å². The van der Waals surface area contributed by atoms with Crippen LogP contribution in [0, 0.1) is 0 Å². The maximum absolute atomic E-state index is 12.6. The van der Waals surface area contributed by atoms with Gasteiger partial charge in [-0.05, 0) is 51.0 Å². The number of hydrogen-bond acceptors (Lipinski definition) is 4. The smallest absolute Gasteiger partial charge is 0.407 e. The minimum Gasteiger partial charge on any atom is -0.444 e. The molecule has 4 N–H and O–H groups in total. The van der Waals surface area contributed by atoms with Gasteiger partial charge in [-0.25, -0.2) is 4.79 Å². The Hall–Kier alpha value is -3.48. The van der Waals surface area contributed by atoms with Crippen molar-refractivity contribution in [3.8, 4) is 0 Å². The van der Waals surface area contributed by atoms with Crippen molar-refractivity contribution in [1.29, 1.82) is 0 Å². The van der Waals surface area contributed by atoms with Crippen LogP contribution in [0.1, 0.15) is 36.7 Å². The van der Waals surface area contributed by atoms with Gasteiger partial charge in [-0.2, -0.15) is 0 Å². The molecule has 2 amide bonds. The number of aromatic nitrogens is 1. The van der Waals surface area contributed by atoms with Crippen LogP contribution in [-0.2, 0) is 11.2 Å². The number of carbonyl (C=O) groups excluding carboxylic acids is 2. The van der Waals surface area contributed by atoms with Gasteiger partial charge in [0.2, 0.25) is 0 Å². The van der Waals surface area contributed by atoms with Gasteiger partial charge < -0.3 is 25.7 Å². The Kier molecular flexibility index (Phi) is 5.59. The van der Waals surface area contributed by atoms with E-state index in [0.717, 1.165) is 22.2 Å². The number of ether oxygens (including phenoxy) is 1. The maximum atomic E-state index is 12.6. The molecule has 2 heterocycles. The molecule has 0 fully saturated rings. The summed E-state index contributed by atoms with van der Waals surface area (Å²) in [6, 6.07) is 14.9. The first-order valence-corrected chi connectivity index (χ1v) is 10.5. The molecule has 2 aromatic carbocycles. The van der Waals surface area contributed by atoms with E-state index in [-0.39, 0.29) is 18.0 Å². The van der Waals surface area contributed by atoms with E-state index in [1.54, 1.807) is 6.07 Å². The minimum absolute atomic E-state index is 0.131. The van der Waals surface area contributed by atoms with E-state index in [9.17, 15) is 9.59 Å². The van der Waals surface area contributed by atoms with Crippen LogP contribution in [-0.4, -0.2) is 41.2 Å². The Labute approximate surface area is 181 Å². The third-order valence-corrected chi connectivity index (χ3v) is 5.30.